The highest BCUT2D eigenvalue weighted by Gasteiger charge is 2.22. The second kappa shape index (κ2) is 5.80. The average molecular weight is 325 g/mol. The van der Waals surface area contributed by atoms with Crippen LogP contribution in [0.1, 0.15) is 5.69 Å². The largest absolute Gasteiger partial charge is 0.472 e. The molecular formula is C16H15N5O3. The lowest BCUT2D eigenvalue weighted by atomic mass is 10.1. The van der Waals surface area contributed by atoms with Crippen molar-refractivity contribution < 1.29 is 13.7 Å². The van der Waals surface area contributed by atoms with E-state index in [0.29, 0.717) is 30.5 Å². The van der Waals surface area contributed by atoms with Crippen LogP contribution in [0.15, 0.2) is 39.8 Å². The molecule has 0 spiro atoms. The number of nitrogens with one attached hydrogen (secondary N) is 1. The van der Waals surface area contributed by atoms with Crippen molar-refractivity contribution in [3.63, 3.8) is 0 Å². The number of amides is 1. The molecular weight excluding hydrogens is 310 g/mol. The number of furan rings is 1. The maximum Gasteiger partial charge on any atom is 0.239 e. The predicted octanol–water partition coefficient (Wildman–Crippen LogP) is 1.64. The van der Waals surface area contributed by atoms with Gasteiger partial charge in [0.15, 0.2) is 5.76 Å². The number of carbonyl (C=O) groups excluding carboxylic acids is 1. The molecule has 0 aliphatic carbocycles. The summed E-state index contributed by atoms with van der Waals surface area (Å²) in [5.41, 5.74) is 2.99. The lowest BCUT2D eigenvalue weighted by molar-refractivity contribution is -0.120. The van der Waals surface area contributed by atoms with Crippen LogP contribution < -0.4 is 10.2 Å². The molecule has 0 atom stereocenters. The second-order valence-electron chi connectivity index (χ2n) is 5.55. The first kappa shape index (κ1) is 14.4. The Labute approximate surface area is 137 Å². The molecule has 3 aromatic rings. The second-order valence-corrected chi connectivity index (χ2v) is 5.55. The maximum absolute atomic E-state index is 11.6. The summed E-state index contributed by atoms with van der Waals surface area (Å²) in [4.78, 5) is 22.5. The first-order valence-corrected chi connectivity index (χ1v) is 7.55. The summed E-state index contributed by atoms with van der Waals surface area (Å²) in [6.45, 7) is 3.33. The number of carbonyl (C=O) groups is 1. The van der Waals surface area contributed by atoms with Crippen molar-refractivity contribution in [1.82, 2.24) is 20.4 Å². The molecule has 1 aliphatic rings. The Morgan fingerprint density at radius 3 is 3.00 bits per heavy atom. The zero-order chi connectivity index (χ0) is 16.5. The van der Waals surface area contributed by atoms with E-state index in [1.807, 2.05) is 24.0 Å². The molecule has 1 N–H and O–H groups in total. The highest BCUT2D eigenvalue weighted by atomic mass is 16.5. The minimum Gasteiger partial charge on any atom is -0.472 e. The Kier molecular flexibility index (Phi) is 3.49. The zero-order valence-electron chi connectivity index (χ0n) is 13.0. The van der Waals surface area contributed by atoms with Crippen molar-refractivity contribution in [2.75, 3.05) is 24.5 Å². The van der Waals surface area contributed by atoms with Gasteiger partial charge in [-0.2, -0.15) is 0 Å². The third-order valence-corrected chi connectivity index (χ3v) is 3.79. The predicted molar refractivity (Wildman–Crippen MR) is 85.2 cm³/mol. The van der Waals surface area contributed by atoms with Gasteiger partial charge in [-0.05, 0) is 13.0 Å². The van der Waals surface area contributed by atoms with E-state index in [4.69, 9.17) is 8.94 Å². The lowest BCUT2D eigenvalue weighted by Gasteiger charge is -2.26. The number of hydrogen-bond donors (Lipinski definition) is 1. The van der Waals surface area contributed by atoms with Gasteiger partial charge in [0.25, 0.3) is 0 Å². The molecule has 1 aliphatic heterocycles. The normalized spacial score (nSPS) is 14.7. The number of aromatic nitrogens is 3. The molecule has 0 unspecified atom stereocenters. The Bertz CT molecular complexity index is 872. The highest BCUT2D eigenvalue weighted by Crippen LogP contribution is 2.32. The van der Waals surface area contributed by atoms with E-state index in [1.165, 1.54) is 0 Å². The van der Waals surface area contributed by atoms with Crippen molar-refractivity contribution in [2.24, 2.45) is 0 Å². The van der Waals surface area contributed by atoms with Crippen LogP contribution in [0.25, 0.3) is 22.6 Å². The molecule has 1 fully saturated rings. The molecule has 0 radical (unpaired) electrons. The average Bonchev–Trinajstić information content (AvgIpc) is 3.26. The molecule has 0 aromatic carbocycles. The molecule has 4 heterocycles. The Balaban J connectivity index is 1.79. The van der Waals surface area contributed by atoms with Crippen molar-refractivity contribution in [1.29, 1.82) is 0 Å². The number of nitrogens with zero attached hydrogens (tertiary/aromatic N) is 4. The molecule has 0 bridgehead atoms. The number of aryl methyl sites for hydroxylation is 1. The molecule has 3 aromatic heterocycles. The molecule has 24 heavy (non-hydrogen) atoms. The van der Waals surface area contributed by atoms with Crippen LogP contribution in [0.2, 0.25) is 0 Å². The van der Waals surface area contributed by atoms with Gasteiger partial charge < -0.3 is 19.2 Å². The van der Waals surface area contributed by atoms with Crippen molar-refractivity contribution in [3.05, 3.63) is 36.5 Å². The van der Waals surface area contributed by atoms with Gasteiger partial charge in [-0.3, -0.25) is 4.79 Å². The van der Waals surface area contributed by atoms with Crippen molar-refractivity contribution in [2.45, 2.75) is 6.92 Å². The number of rotatable bonds is 3. The summed E-state index contributed by atoms with van der Waals surface area (Å²) in [5, 5.41) is 6.71. The molecule has 1 saturated heterocycles. The monoisotopic (exact) mass is 325 g/mol. The Morgan fingerprint density at radius 1 is 1.38 bits per heavy atom. The van der Waals surface area contributed by atoms with Gasteiger partial charge in [0.05, 0.1) is 36.0 Å². The quantitative estimate of drug-likeness (QED) is 0.781. The van der Waals surface area contributed by atoms with Gasteiger partial charge in [-0.1, -0.05) is 5.16 Å². The number of hydrogen-bond acceptors (Lipinski definition) is 7. The van der Waals surface area contributed by atoms with Gasteiger partial charge in [0.2, 0.25) is 11.9 Å². The van der Waals surface area contributed by atoms with E-state index in [2.05, 4.69) is 20.4 Å². The third-order valence-electron chi connectivity index (χ3n) is 3.79. The summed E-state index contributed by atoms with van der Waals surface area (Å²) in [6, 6.07) is 3.65. The molecule has 0 saturated carbocycles. The first-order chi connectivity index (χ1) is 11.7. The maximum atomic E-state index is 11.6. The lowest BCUT2D eigenvalue weighted by Crippen LogP contribution is -2.48. The fourth-order valence-corrected chi connectivity index (χ4v) is 2.62. The van der Waals surface area contributed by atoms with Crippen LogP contribution in [-0.2, 0) is 4.79 Å². The zero-order valence-corrected chi connectivity index (χ0v) is 13.0. The van der Waals surface area contributed by atoms with Crippen LogP contribution in [0.4, 0.5) is 5.95 Å². The Hall–Kier alpha value is -3.16. The molecule has 8 nitrogen and oxygen atoms in total. The van der Waals surface area contributed by atoms with Crippen molar-refractivity contribution in [3.8, 4) is 22.6 Å². The summed E-state index contributed by atoms with van der Waals surface area (Å²) in [6.07, 6.45) is 4.89. The van der Waals surface area contributed by atoms with E-state index in [9.17, 15) is 4.79 Å². The van der Waals surface area contributed by atoms with Gasteiger partial charge in [0, 0.05) is 30.9 Å². The molecule has 122 valence electrons. The summed E-state index contributed by atoms with van der Waals surface area (Å²) < 4.78 is 10.5. The third kappa shape index (κ3) is 2.62. The van der Waals surface area contributed by atoms with Crippen LogP contribution in [-0.4, -0.2) is 40.7 Å². The van der Waals surface area contributed by atoms with E-state index in [0.717, 1.165) is 16.8 Å². The highest BCUT2D eigenvalue weighted by molar-refractivity contribution is 5.83. The number of anilines is 1. The molecule has 8 heteroatoms. The summed E-state index contributed by atoms with van der Waals surface area (Å²) in [7, 11) is 0. The Morgan fingerprint density at radius 2 is 2.29 bits per heavy atom. The van der Waals surface area contributed by atoms with E-state index < -0.39 is 0 Å². The van der Waals surface area contributed by atoms with Gasteiger partial charge >= 0.3 is 0 Å². The SMILES string of the molecule is Cc1cc(-c2cnc(N3CCNC(=O)C3)nc2-c2ccoc2)on1. The van der Waals surface area contributed by atoms with Crippen molar-refractivity contribution >= 4 is 11.9 Å². The van der Waals surface area contributed by atoms with Crippen LogP contribution >= 0.6 is 0 Å². The van der Waals surface area contributed by atoms with E-state index in [-0.39, 0.29) is 12.5 Å². The molecule has 4 rings (SSSR count). The van der Waals surface area contributed by atoms with Crippen LogP contribution in [0.5, 0.6) is 0 Å². The number of piperazine rings is 1. The minimum atomic E-state index is -0.0374. The fraction of sp³-hybridized carbons (Fsp3) is 0.250. The fourth-order valence-electron chi connectivity index (χ4n) is 2.62. The first-order valence-electron chi connectivity index (χ1n) is 7.55. The van der Waals surface area contributed by atoms with E-state index in [1.54, 1.807) is 18.7 Å². The van der Waals surface area contributed by atoms with Gasteiger partial charge in [-0.15, -0.1) is 0 Å². The van der Waals surface area contributed by atoms with Gasteiger partial charge in [-0.25, -0.2) is 9.97 Å². The van der Waals surface area contributed by atoms with Gasteiger partial charge in [0.1, 0.15) is 0 Å². The topological polar surface area (TPSA) is 97.3 Å². The summed E-state index contributed by atoms with van der Waals surface area (Å²) >= 11 is 0. The minimum absolute atomic E-state index is 0.0374. The molecule has 1 amide bonds. The smallest absolute Gasteiger partial charge is 0.239 e. The summed E-state index contributed by atoms with van der Waals surface area (Å²) in [5.74, 6) is 1.05. The van der Waals surface area contributed by atoms with Crippen LogP contribution in [0, 0.1) is 6.92 Å². The standard InChI is InChI=1S/C16H15N5O3/c1-10-6-13(24-20-10)12-7-18-16(21-4-3-17-14(22)8-21)19-15(12)11-2-5-23-9-11/h2,5-7,9H,3-4,8H2,1H3,(H,17,22). The van der Waals surface area contributed by atoms with E-state index >= 15 is 0 Å². The van der Waals surface area contributed by atoms with Crippen LogP contribution in [0.3, 0.4) is 0 Å².